The van der Waals surface area contributed by atoms with Gasteiger partial charge in [-0.05, 0) is 108 Å². The standard InChI is InChI=1S/C10H9BrO.C9H8BrI/c11-9-4-7-2-1-3-10(7)8(5-9)6-12;10-7-4-6-2-1-3-8(6)9(11)5-7/h4-6H,1-3H2;4-5H,1-3H2. The predicted molar refractivity (Wildman–Crippen MR) is 110 cm³/mol. The van der Waals surface area contributed by atoms with E-state index in [9.17, 15) is 4.79 Å². The number of halogens is 3. The molecule has 4 rings (SSSR count). The zero-order valence-electron chi connectivity index (χ0n) is 12.7. The van der Waals surface area contributed by atoms with E-state index < -0.39 is 0 Å². The molecule has 0 N–H and O–H groups in total. The van der Waals surface area contributed by atoms with Crippen molar-refractivity contribution in [3.63, 3.8) is 0 Å². The Morgan fingerprint density at radius 1 is 0.826 bits per heavy atom. The predicted octanol–water partition coefficient (Wildman–Crippen LogP) is 6.29. The Hall–Kier alpha value is -0.200. The number of hydrogen-bond acceptors (Lipinski definition) is 1. The molecule has 0 saturated heterocycles. The van der Waals surface area contributed by atoms with Crippen LogP contribution in [0.15, 0.2) is 33.2 Å². The van der Waals surface area contributed by atoms with Gasteiger partial charge in [0.2, 0.25) is 0 Å². The molecule has 0 aromatic heterocycles. The van der Waals surface area contributed by atoms with Crippen LogP contribution in [-0.4, -0.2) is 6.29 Å². The van der Waals surface area contributed by atoms with Crippen LogP contribution in [0.5, 0.6) is 0 Å². The second-order valence-electron chi connectivity index (χ2n) is 5.98. The molecule has 2 aliphatic carbocycles. The lowest BCUT2D eigenvalue weighted by molar-refractivity contribution is 0.112. The van der Waals surface area contributed by atoms with Gasteiger partial charge in [0, 0.05) is 18.1 Å². The summed E-state index contributed by atoms with van der Waals surface area (Å²) in [6.45, 7) is 0. The van der Waals surface area contributed by atoms with E-state index >= 15 is 0 Å². The summed E-state index contributed by atoms with van der Waals surface area (Å²) in [4.78, 5) is 10.7. The molecule has 0 amide bonds. The zero-order valence-corrected chi connectivity index (χ0v) is 18.0. The van der Waals surface area contributed by atoms with Crippen LogP contribution in [0, 0.1) is 3.57 Å². The van der Waals surface area contributed by atoms with Gasteiger partial charge in [-0.2, -0.15) is 0 Å². The highest BCUT2D eigenvalue weighted by molar-refractivity contribution is 14.1. The molecular weight excluding hydrogens is 531 g/mol. The minimum atomic E-state index is 0.858. The smallest absolute Gasteiger partial charge is 0.150 e. The van der Waals surface area contributed by atoms with E-state index in [1.165, 1.54) is 44.9 Å². The van der Waals surface area contributed by atoms with Crippen LogP contribution in [0.1, 0.15) is 45.5 Å². The van der Waals surface area contributed by atoms with E-state index in [1.54, 1.807) is 11.1 Å². The first-order valence-corrected chi connectivity index (χ1v) is 10.5. The second-order valence-corrected chi connectivity index (χ2v) is 8.98. The molecule has 0 heterocycles. The first kappa shape index (κ1) is 17.6. The average molecular weight is 548 g/mol. The molecule has 0 saturated carbocycles. The van der Waals surface area contributed by atoms with E-state index in [2.05, 4.69) is 72.6 Å². The third-order valence-electron chi connectivity index (χ3n) is 4.47. The lowest BCUT2D eigenvalue weighted by atomic mass is 10.0. The number of fused-ring (bicyclic) bond motifs is 2. The van der Waals surface area contributed by atoms with Gasteiger partial charge in [0.25, 0.3) is 0 Å². The molecule has 2 aromatic rings. The van der Waals surface area contributed by atoms with E-state index in [4.69, 9.17) is 0 Å². The Morgan fingerprint density at radius 3 is 2.04 bits per heavy atom. The molecule has 23 heavy (non-hydrogen) atoms. The molecule has 0 bridgehead atoms. The highest BCUT2D eigenvalue weighted by Gasteiger charge is 2.15. The molecule has 0 atom stereocenters. The van der Waals surface area contributed by atoms with Gasteiger partial charge in [-0.1, -0.05) is 31.9 Å². The summed E-state index contributed by atoms with van der Waals surface area (Å²) in [6.07, 6.45) is 8.21. The van der Waals surface area contributed by atoms with E-state index in [0.29, 0.717) is 0 Å². The molecule has 0 radical (unpaired) electrons. The van der Waals surface area contributed by atoms with Crippen LogP contribution < -0.4 is 0 Å². The van der Waals surface area contributed by atoms with Crippen molar-refractivity contribution in [2.75, 3.05) is 0 Å². The van der Waals surface area contributed by atoms with E-state index in [-0.39, 0.29) is 0 Å². The molecule has 2 aromatic carbocycles. The fraction of sp³-hybridized carbons (Fsp3) is 0.316. The highest BCUT2D eigenvalue weighted by atomic mass is 127. The van der Waals surface area contributed by atoms with Crippen molar-refractivity contribution >= 4 is 60.7 Å². The third-order valence-corrected chi connectivity index (χ3v) is 6.35. The maximum Gasteiger partial charge on any atom is 0.150 e. The Balaban J connectivity index is 0.000000136. The highest BCUT2D eigenvalue weighted by Crippen LogP contribution is 2.30. The quantitative estimate of drug-likeness (QED) is 0.303. The van der Waals surface area contributed by atoms with Crippen molar-refractivity contribution in [1.29, 1.82) is 0 Å². The summed E-state index contributed by atoms with van der Waals surface area (Å²) in [7, 11) is 0. The fourth-order valence-electron chi connectivity index (χ4n) is 3.42. The lowest BCUT2D eigenvalue weighted by Crippen LogP contribution is -1.91. The van der Waals surface area contributed by atoms with Gasteiger partial charge in [0.05, 0.1) is 0 Å². The van der Waals surface area contributed by atoms with Gasteiger partial charge in [0.1, 0.15) is 6.29 Å². The molecule has 0 aliphatic heterocycles. The molecule has 0 spiro atoms. The first-order chi connectivity index (χ1) is 11.1. The molecular formula is C19H17Br2IO. The molecule has 0 unspecified atom stereocenters. The molecule has 120 valence electrons. The maximum absolute atomic E-state index is 10.7. The number of benzene rings is 2. The lowest BCUT2D eigenvalue weighted by Gasteiger charge is -2.02. The monoisotopic (exact) mass is 546 g/mol. The van der Waals surface area contributed by atoms with Crippen molar-refractivity contribution in [3.8, 4) is 0 Å². The Kier molecular flexibility index (Phi) is 5.97. The second kappa shape index (κ2) is 7.79. The topological polar surface area (TPSA) is 17.1 Å². The molecule has 2 aliphatic rings. The van der Waals surface area contributed by atoms with E-state index in [0.717, 1.165) is 29.2 Å². The van der Waals surface area contributed by atoms with Crippen LogP contribution >= 0.6 is 54.5 Å². The summed E-state index contributed by atoms with van der Waals surface area (Å²) in [5.41, 5.74) is 6.58. The Bertz CT molecular complexity index is 756. The van der Waals surface area contributed by atoms with Crippen molar-refractivity contribution in [2.45, 2.75) is 38.5 Å². The number of carbonyl (C=O) groups excluding carboxylic acids is 1. The van der Waals surface area contributed by atoms with Gasteiger partial charge in [-0.25, -0.2) is 0 Å². The largest absolute Gasteiger partial charge is 0.298 e. The number of aldehydes is 1. The number of aryl methyl sites for hydroxylation is 2. The first-order valence-electron chi connectivity index (χ1n) is 7.81. The summed E-state index contributed by atoms with van der Waals surface area (Å²) in [5, 5.41) is 0. The van der Waals surface area contributed by atoms with Gasteiger partial charge in [0.15, 0.2) is 0 Å². The van der Waals surface area contributed by atoms with Gasteiger partial charge >= 0.3 is 0 Å². The number of rotatable bonds is 1. The fourth-order valence-corrected chi connectivity index (χ4v) is 5.83. The van der Waals surface area contributed by atoms with Crippen molar-refractivity contribution in [3.05, 3.63) is 64.6 Å². The van der Waals surface area contributed by atoms with Crippen molar-refractivity contribution in [1.82, 2.24) is 0 Å². The summed E-state index contributed by atoms with van der Waals surface area (Å²) >= 11 is 9.33. The van der Waals surface area contributed by atoms with E-state index in [1.807, 2.05) is 6.07 Å². The molecule has 4 heteroatoms. The Morgan fingerprint density at radius 2 is 1.39 bits per heavy atom. The molecule has 0 fully saturated rings. The van der Waals surface area contributed by atoms with Crippen LogP contribution in [0.2, 0.25) is 0 Å². The molecule has 1 nitrogen and oxygen atoms in total. The SMILES string of the molecule is Brc1cc(I)c2c(c1)CCC2.O=Cc1cc(Br)cc2c1CCC2. The van der Waals surface area contributed by atoms with Crippen LogP contribution in [0.25, 0.3) is 0 Å². The summed E-state index contributed by atoms with van der Waals surface area (Å²) in [5.74, 6) is 0. The van der Waals surface area contributed by atoms with Crippen LogP contribution in [-0.2, 0) is 25.7 Å². The minimum absolute atomic E-state index is 0.858. The normalized spacial score (nSPS) is 14.7. The van der Waals surface area contributed by atoms with Gasteiger partial charge in [-0.15, -0.1) is 0 Å². The average Bonchev–Trinajstić information content (AvgIpc) is 3.15. The minimum Gasteiger partial charge on any atom is -0.298 e. The van der Waals surface area contributed by atoms with Crippen LogP contribution in [0.4, 0.5) is 0 Å². The van der Waals surface area contributed by atoms with Gasteiger partial charge in [-0.3, -0.25) is 4.79 Å². The third kappa shape index (κ3) is 4.07. The van der Waals surface area contributed by atoms with Crippen molar-refractivity contribution < 1.29 is 4.79 Å². The van der Waals surface area contributed by atoms with Gasteiger partial charge < -0.3 is 0 Å². The van der Waals surface area contributed by atoms with Crippen LogP contribution in [0.3, 0.4) is 0 Å². The maximum atomic E-state index is 10.7. The summed E-state index contributed by atoms with van der Waals surface area (Å²) in [6, 6.07) is 8.47. The van der Waals surface area contributed by atoms with Crippen molar-refractivity contribution in [2.24, 2.45) is 0 Å². The summed E-state index contributed by atoms with van der Waals surface area (Å²) < 4.78 is 3.66. The number of carbonyl (C=O) groups is 1. The zero-order chi connectivity index (χ0) is 16.4. The Labute approximate surface area is 167 Å². The number of hydrogen-bond donors (Lipinski definition) is 0.